The molecule has 0 bridgehead atoms. The Morgan fingerprint density at radius 2 is 1.67 bits per heavy atom. The van der Waals surface area contributed by atoms with E-state index < -0.39 is 0 Å². The lowest BCUT2D eigenvalue weighted by atomic mass is 10.1. The van der Waals surface area contributed by atoms with Crippen molar-refractivity contribution >= 4 is 40.9 Å². The number of nitrogens with one attached hydrogen (secondary N) is 1. The first-order valence-electron chi connectivity index (χ1n) is 6.58. The minimum atomic E-state index is 0.101. The number of hydrogen-bond acceptors (Lipinski definition) is 5. The zero-order valence-electron chi connectivity index (χ0n) is 11.6. The van der Waals surface area contributed by atoms with Gasteiger partial charge in [-0.2, -0.15) is 26.7 Å². The van der Waals surface area contributed by atoms with Gasteiger partial charge in [0.1, 0.15) is 0 Å². The fraction of sp³-hybridized carbons (Fsp3) is 0.357. The van der Waals surface area contributed by atoms with E-state index in [-0.39, 0.29) is 10.6 Å². The summed E-state index contributed by atoms with van der Waals surface area (Å²) in [4.78, 5) is 11.6. The van der Waals surface area contributed by atoms with E-state index in [0.29, 0.717) is 5.95 Å². The Labute approximate surface area is 138 Å². The van der Waals surface area contributed by atoms with E-state index in [2.05, 4.69) is 51.5 Å². The van der Waals surface area contributed by atoms with Gasteiger partial charge in [-0.3, -0.25) is 0 Å². The number of anilines is 1. The molecular formula is C14H16Cl2N4S. The van der Waals surface area contributed by atoms with E-state index in [9.17, 15) is 0 Å². The molecule has 0 saturated carbocycles. The molecule has 0 radical (unpaired) electrons. The van der Waals surface area contributed by atoms with Gasteiger partial charge in [-0.15, -0.1) is 0 Å². The maximum atomic E-state index is 5.70. The van der Waals surface area contributed by atoms with Gasteiger partial charge in [0.25, 0.3) is 0 Å². The molecule has 7 heteroatoms. The van der Waals surface area contributed by atoms with Gasteiger partial charge in [0.05, 0.1) is 0 Å². The zero-order chi connectivity index (χ0) is 15.1. The molecule has 21 heavy (non-hydrogen) atoms. The maximum Gasteiger partial charge on any atom is 0.228 e. The number of thioether (sulfide) groups is 1. The maximum absolute atomic E-state index is 5.70. The van der Waals surface area contributed by atoms with Crippen LogP contribution in [0.2, 0.25) is 10.6 Å². The summed E-state index contributed by atoms with van der Waals surface area (Å²) < 4.78 is 0. The van der Waals surface area contributed by atoms with Gasteiger partial charge >= 0.3 is 0 Å². The van der Waals surface area contributed by atoms with Crippen LogP contribution in [0.4, 0.5) is 5.95 Å². The smallest absolute Gasteiger partial charge is 0.228 e. The van der Waals surface area contributed by atoms with Crippen molar-refractivity contribution in [3.63, 3.8) is 0 Å². The molecule has 0 aliphatic rings. The van der Waals surface area contributed by atoms with E-state index >= 15 is 0 Å². The monoisotopic (exact) mass is 342 g/mol. The fourth-order valence-electron chi connectivity index (χ4n) is 1.69. The molecule has 4 nitrogen and oxygen atoms in total. The molecule has 2 rings (SSSR count). The Hall–Kier alpha value is -1.04. The second kappa shape index (κ2) is 8.41. The summed E-state index contributed by atoms with van der Waals surface area (Å²) in [5, 5.41) is 3.28. The van der Waals surface area contributed by atoms with Crippen LogP contribution >= 0.6 is 35.0 Å². The fourth-order valence-corrected chi connectivity index (χ4v) is 2.88. The molecule has 0 saturated heterocycles. The Balaban J connectivity index is 1.62. The summed E-state index contributed by atoms with van der Waals surface area (Å²) in [7, 11) is 0. The Morgan fingerprint density at radius 1 is 1.00 bits per heavy atom. The molecule has 0 spiro atoms. The third-order valence-electron chi connectivity index (χ3n) is 2.77. The molecular weight excluding hydrogens is 327 g/mol. The first-order valence-corrected chi connectivity index (χ1v) is 8.49. The van der Waals surface area contributed by atoms with Crippen molar-refractivity contribution in [3.05, 3.63) is 46.0 Å². The van der Waals surface area contributed by atoms with Gasteiger partial charge in [0, 0.05) is 12.3 Å². The summed E-state index contributed by atoms with van der Waals surface area (Å²) in [6, 6.07) is 8.66. The van der Waals surface area contributed by atoms with Crippen LogP contribution in [0, 0.1) is 6.92 Å². The van der Waals surface area contributed by atoms with E-state index in [4.69, 9.17) is 23.2 Å². The summed E-state index contributed by atoms with van der Waals surface area (Å²) in [6.45, 7) is 2.86. The molecule has 1 N–H and O–H groups in total. The molecule has 1 heterocycles. The summed E-state index contributed by atoms with van der Waals surface area (Å²) in [5.74, 6) is 2.47. The topological polar surface area (TPSA) is 50.7 Å². The molecule has 0 aliphatic carbocycles. The average molecular weight is 343 g/mol. The van der Waals surface area contributed by atoms with E-state index in [1.165, 1.54) is 11.1 Å². The van der Waals surface area contributed by atoms with Gasteiger partial charge in [-0.1, -0.05) is 29.8 Å². The van der Waals surface area contributed by atoms with Gasteiger partial charge in [-0.25, -0.2) is 0 Å². The highest BCUT2D eigenvalue weighted by atomic mass is 35.5. The molecule has 1 aromatic carbocycles. The largest absolute Gasteiger partial charge is 0.353 e. The van der Waals surface area contributed by atoms with E-state index in [1.54, 1.807) is 0 Å². The van der Waals surface area contributed by atoms with Crippen molar-refractivity contribution in [2.75, 3.05) is 23.4 Å². The highest BCUT2D eigenvalue weighted by Crippen LogP contribution is 2.11. The van der Waals surface area contributed by atoms with Gasteiger partial charge in [0.15, 0.2) is 0 Å². The van der Waals surface area contributed by atoms with Crippen molar-refractivity contribution in [1.29, 1.82) is 0 Å². The molecule has 0 atom stereocenters. The van der Waals surface area contributed by atoms with Gasteiger partial charge in [0.2, 0.25) is 16.5 Å². The van der Waals surface area contributed by atoms with Crippen LogP contribution in [-0.4, -0.2) is 33.0 Å². The summed E-state index contributed by atoms with van der Waals surface area (Å²) >= 11 is 13.3. The normalized spacial score (nSPS) is 10.6. The van der Waals surface area contributed by atoms with Crippen LogP contribution in [0.15, 0.2) is 24.3 Å². The second-order valence-electron chi connectivity index (χ2n) is 4.47. The van der Waals surface area contributed by atoms with Crippen LogP contribution < -0.4 is 5.32 Å². The molecule has 0 fully saturated rings. The standard InChI is InChI=1S/C14H16Cl2N4S/c1-10-2-4-11(5-3-10)6-8-21-9-7-17-14-19-12(15)18-13(16)20-14/h2-5H,6-9H2,1H3,(H,17,18,19,20). The van der Waals surface area contributed by atoms with Gasteiger partial charge < -0.3 is 5.32 Å². The first-order chi connectivity index (χ1) is 10.1. The highest BCUT2D eigenvalue weighted by Gasteiger charge is 2.02. The van der Waals surface area contributed by atoms with Crippen LogP contribution in [-0.2, 0) is 6.42 Å². The number of rotatable bonds is 7. The highest BCUT2D eigenvalue weighted by molar-refractivity contribution is 7.99. The summed E-state index contributed by atoms with van der Waals surface area (Å²) in [6.07, 6.45) is 1.08. The third kappa shape index (κ3) is 6.08. The Morgan fingerprint density at radius 3 is 2.33 bits per heavy atom. The van der Waals surface area contributed by atoms with Crippen molar-refractivity contribution in [2.45, 2.75) is 13.3 Å². The second-order valence-corrected chi connectivity index (χ2v) is 6.37. The number of aromatic nitrogens is 3. The summed E-state index contributed by atoms with van der Waals surface area (Å²) in [5.41, 5.74) is 2.67. The molecule has 2 aromatic rings. The van der Waals surface area contributed by atoms with Crippen LogP contribution in [0.3, 0.4) is 0 Å². The average Bonchev–Trinajstić information content (AvgIpc) is 2.43. The van der Waals surface area contributed by atoms with Crippen LogP contribution in [0.5, 0.6) is 0 Å². The lowest BCUT2D eigenvalue weighted by Crippen LogP contribution is -2.09. The molecule has 1 aromatic heterocycles. The van der Waals surface area contributed by atoms with Crippen molar-refractivity contribution in [3.8, 4) is 0 Å². The third-order valence-corrected chi connectivity index (χ3v) is 4.09. The Kier molecular flexibility index (Phi) is 6.54. The Bertz CT molecular complexity index is 557. The predicted molar refractivity (Wildman–Crippen MR) is 90.5 cm³/mol. The quantitative estimate of drug-likeness (QED) is 0.774. The molecule has 0 amide bonds. The minimum absolute atomic E-state index is 0.101. The number of benzene rings is 1. The zero-order valence-corrected chi connectivity index (χ0v) is 14.0. The molecule has 0 unspecified atom stereocenters. The molecule has 0 aliphatic heterocycles. The van der Waals surface area contributed by atoms with Crippen molar-refractivity contribution in [2.24, 2.45) is 0 Å². The number of nitrogens with zero attached hydrogens (tertiary/aromatic N) is 3. The molecule has 112 valence electrons. The number of hydrogen-bond donors (Lipinski definition) is 1. The first kappa shape index (κ1) is 16.3. The minimum Gasteiger partial charge on any atom is -0.353 e. The van der Waals surface area contributed by atoms with E-state index in [1.807, 2.05) is 11.8 Å². The van der Waals surface area contributed by atoms with Gasteiger partial charge in [-0.05, 0) is 47.9 Å². The van der Waals surface area contributed by atoms with Crippen molar-refractivity contribution in [1.82, 2.24) is 15.0 Å². The van der Waals surface area contributed by atoms with Crippen LogP contribution in [0.1, 0.15) is 11.1 Å². The number of aryl methyl sites for hydroxylation is 2. The van der Waals surface area contributed by atoms with Crippen LogP contribution in [0.25, 0.3) is 0 Å². The lowest BCUT2D eigenvalue weighted by molar-refractivity contribution is 1.02. The predicted octanol–water partition coefficient (Wildman–Crippen LogP) is 3.87. The van der Waals surface area contributed by atoms with Crippen molar-refractivity contribution < 1.29 is 0 Å². The SMILES string of the molecule is Cc1ccc(CCSCCNc2nc(Cl)nc(Cl)n2)cc1. The lowest BCUT2D eigenvalue weighted by Gasteiger charge is -2.05. The number of halogens is 2. The van der Waals surface area contributed by atoms with E-state index in [0.717, 1.165) is 24.5 Å².